The fourth-order valence-electron chi connectivity index (χ4n) is 3.81. The molecule has 2 N–H and O–H groups in total. The van der Waals surface area contributed by atoms with E-state index in [1.54, 1.807) is 18.0 Å². The lowest BCUT2D eigenvalue weighted by Gasteiger charge is -2.36. The Hall–Kier alpha value is -1.85. The Labute approximate surface area is 183 Å². The van der Waals surface area contributed by atoms with Gasteiger partial charge in [0.1, 0.15) is 6.04 Å². The molecule has 0 heterocycles. The first-order valence-corrected chi connectivity index (χ1v) is 11.4. The van der Waals surface area contributed by atoms with E-state index >= 15 is 0 Å². The maximum absolute atomic E-state index is 13.4. The van der Waals surface area contributed by atoms with Crippen molar-refractivity contribution in [2.45, 2.75) is 99.6 Å². The minimum Gasteiger partial charge on any atom is -0.478 e. The van der Waals surface area contributed by atoms with E-state index < -0.39 is 17.4 Å². The van der Waals surface area contributed by atoms with Gasteiger partial charge in [0, 0.05) is 18.0 Å². The third-order valence-electron chi connectivity index (χ3n) is 6.30. The number of amides is 2. The molecule has 174 valence electrons. The van der Waals surface area contributed by atoms with Gasteiger partial charge in [0.25, 0.3) is 0 Å². The number of carbonyl (C=O) groups excluding carboxylic acids is 2. The van der Waals surface area contributed by atoms with Gasteiger partial charge in [-0.2, -0.15) is 0 Å². The van der Waals surface area contributed by atoms with Gasteiger partial charge in [0.05, 0.1) is 6.04 Å². The summed E-state index contributed by atoms with van der Waals surface area (Å²) < 4.78 is 0. The van der Waals surface area contributed by atoms with Crippen molar-refractivity contribution in [3.8, 4) is 0 Å². The Morgan fingerprint density at radius 1 is 1.03 bits per heavy atom. The number of hydrogen-bond acceptors (Lipinski definition) is 3. The number of aliphatic carboxylic acids is 1. The van der Waals surface area contributed by atoms with Gasteiger partial charge >= 0.3 is 5.97 Å². The maximum Gasteiger partial charge on any atom is 0.331 e. The van der Waals surface area contributed by atoms with E-state index in [4.69, 9.17) is 0 Å². The number of likely N-dealkylation sites (N-methyl/N-ethyl adjacent to an activating group) is 1. The summed E-state index contributed by atoms with van der Waals surface area (Å²) in [6.45, 7) is 15.5. The van der Waals surface area contributed by atoms with Crippen LogP contribution in [-0.2, 0) is 14.4 Å². The van der Waals surface area contributed by atoms with E-state index in [9.17, 15) is 19.5 Å². The van der Waals surface area contributed by atoms with Crippen LogP contribution in [0.15, 0.2) is 11.6 Å². The van der Waals surface area contributed by atoms with Gasteiger partial charge in [-0.3, -0.25) is 9.59 Å². The topological polar surface area (TPSA) is 86.7 Å². The van der Waals surface area contributed by atoms with E-state index in [1.807, 2.05) is 41.5 Å². The van der Waals surface area contributed by atoms with Crippen molar-refractivity contribution in [1.82, 2.24) is 10.2 Å². The molecule has 0 rings (SSSR count). The van der Waals surface area contributed by atoms with Gasteiger partial charge < -0.3 is 15.3 Å². The predicted molar refractivity (Wildman–Crippen MR) is 122 cm³/mol. The Kier molecular flexibility index (Phi) is 12.0. The van der Waals surface area contributed by atoms with Crippen molar-refractivity contribution in [2.75, 3.05) is 7.05 Å². The predicted octanol–water partition coefficient (Wildman–Crippen LogP) is 4.64. The minimum atomic E-state index is -0.998. The minimum absolute atomic E-state index is 0.0340. The van der Waals surface area contributed by atoms with Gasteiger partial charge in [-0.15, -0.1) is 0 Å². The number of carbonyl (C=O) groups is 3. The highest BCUT2D eigenvalue weighted by Crippen LogP contribution is 2.33. The number of nitrogens with one attached hydrogen (secondary N) is 1. The third-order valence-corrected chi connectivity index (χ3v) is 6.30. The van der Waals surface area contributed by atoms with Crippen molar-refractivity contribution in [3.63, 3.8) is 0 Å². The van der Waals surface area contributed by atoms with Crippen LogP contribution in [0.1, 0.15) is 87.5 Å². The second-order valence-corrected chi connectivity index (χ2v) is 9.12. The lowest BCUT2D eigenvalue weighted by molar-refractivity contribution is -0.142. The summed E-state index contributed by atoms with van der Waals surface area (Å²) in [5.74, 6) is -1.30. The molecule has 0 bridgehead atoms. The summed E-state index contributed by atoms with van der Waals surface area (Å²) in [4.78, 5) is 39.5. The molecule has 0 fully saturated rings. The molecule has 0 aliphatic carbocycles. The maximum atomic E-state index is 13.4. The number of rotatable bonds is 13. The molecule has 0 saturated heterocycles. The summed E-state index contributed by atoms with van der Waals surface area (Å²) in [5.41, 5.74) is -0.256. The summed E-state index contributed by atoms with van der Waals surface area (Å²) in [6, 6.07) is -1.02. The summed E-state index contributed by atoms with van der Waals surface area (Å²) in [7, 11) is 1.68. The zero-order chi connectivity index (χ0) is 23.6. The number of unbranched alkanes of at least 4 members (excludes halogenated alkanes) is 1. The molecule has 0 aliphatic heterocycles. The largest absolute Gasteiger partial charge is 0.478 e. The molecule has 0 aromatic rings. The quantitative estimate of drug-likeness (QED) is 0.422. The van der Waals surface area contributed by atoms with Gasteiger partial charge in [0.2, 0.25) is 11.8 Å². The van der Waals surface area contributed by atoms with E-state index in [1.165, 1.54) is 6.92 Å². The third kappa shape index (κ3) is 7.44. The van der Waals surface area contributed by atoms with E-state index in [-0.39, 0.29) is 35.3 Å². The molecule has 2 atom stereocenters. The Bertz CT molecular complexity index is 606. The van der Waals surface area contributed by atoms with Crippen molar-refractivity contribution in [3.05, 3.63) is 11.6 Å². The molecule has 0 spiro atoms. The van der Waals surface area contributed by atoms with E-state index in [0.717, 1.165) is 32.1 Å². The van der Waals surface area contributed by atoms with Gasteiger partial charge in [0.15, 0.2) is 0 Å². The van der Waals surface area contributed by atoms with Crippen LogP contribution in [0.25, 0.3) is 0 Å². The fourth-order valence-corrected chi connectivity index (χ4v) is 3.81. The Morgan fingerprint density at radius 2 is 1.57 bits per heavy atom. The standard InChI is InChI=1S/C24H44N2O4/c1-10-13-14-24(11-2,12-3)23(30)25-20(17(6)7)21(27)26(9)19(16(4)5)15-18(8)22(28)29/h15-17,19-20H,10-14H2,1-9H3,(H,25,30)(H,28,29)/b18-15+/t19-,20+/m1/s1. The lowest BCUT2D eigenvalue weighted by Crippen LogP contribution is -2.56. The van der Waals surface area contributed by atoms with Crippen LogP contribution < -0.4 is 5.32 Å². The van der Waals surface area contributed by atoms with Crippen LogP contribution in [0.4, 0.5) is 0 Å². The first-order chi connectivity index (χ1) is 13.9. The zero-order valence-electron chi connectivity index (χ0n) is 20.5. The summed E-state index contributed by atoms with van der Waals surface area (Å²) >= 11 is 0. The zero-order valence-corrected chi connectivity index (χ0v) is 20.5. The molecule has 0 radical (unpaired) electrons. The second-order valence-electron chi connectivity index (χ2n) is 9.12. The molecule has 6 nitrogen and oxygen atoms in total. The molecule has 0 aromatic carbocycles. The van der Waals surface area contributed by atoms with Gasteiger partial charge in [-0.1, -0.05) is 67.4 Å². The molecule has 6 heteroatoms. The number of nitrogens with zero attached hydrogens (tertiary/aromatic N) is 1. The van der Waals surface area contributed by atoms with Crippen LogP contribution in [0.2, 0.25) is 0 Å². The molecular formula is C24H44N2O4. The van der Waals surface area contributed by atoms with Crippen molar-refractivity contribution >= 4 is 17.8 Å². The van der Waals surface area contributed by atoms with Crippen molar-refractivity contribution < 1.29 is 19.5 Å². The summed E-state index contributed by atoms with van der Waals surface area (Å²) in [5, 5.41) is 12.3. The van der Waals surface area contributed by atoms with Gasteiger partial charge in [-0.05, 0) is 38.0 Å². The highest BCUT2D eigenvalue weighted by molar-refractivity contribution is 5.91. The first kappa shape index (κ1) is 28.1. The Balaban J connectivity index is 5.77. The number of carboxylic acid groups (broad SMARTS) is 1. The highest BCUT2D eigenvalue weighted by Gasteiger charge is 2.38. The van der Waals surface area contributed by atoms with E-state index in [0.29, 0.717) is 0 Å². The summed E-state index contributed by atoms with van der Waals surface area (Å²) in [6.07, 6.45) is 5.90. The van der Waals surface area contributed by atoms with Crippen LogP contribution >= 0.6 is 0 Å². The molecule has 0 unspecified atom stereocenters. The molecular weight excluding hydrogens is 380 g/mol. The molecule has 0 saturated carbocycles. The lowest BCUT2D eigenvalue weighted by atomic mass is 9.76. The highest BCUT2D eigenvalue weighted by atomic mass is 16.4. The monoisotopic (exact) mass is 424 g/mol. The van der Waals surface area contributed by atoms with Crippen molar-refractivity contribution in [1.29, 1.82) is 0 Å². The van der Waals surface area contributed by atoms with Gasteiger partial charge in [-0.25, -0.2) is 4.79 Å². The molecule has 0 aliphatic rings. The van der Waals surface area contributed by atoms with Crippen LogP contribution in [-0.4, -0.2) is 46.9 Å². The number of hydrogen-bond donors (Lipinski definition) is 2. The average Bonchev–Trinajstić information content (AvgIpc) is 2.69. The van der Waals surface area contributed by atoms with Crippen LogP contribution in [0, 0.1) is 17.3 Å². The Morgan fingerprint density at radius 3 is 1.93 bits per heavy atom. The van der Waals surface area contributed by atoms with E-state index in [2.05, 4.69) is 12.2 Å². The number of carboxylic acids is 1. The normalized spacial score (nSPS) is 14.6. The molecule has 30 heavy (non-hydrogen) atoms. The average molecular weight is 425 g/mol. The SMILES string of the molecule is CCCCC(CC)(CC)C(=O)N[C@H](C(=O)N(C)[C@H](/C=C(\C)C(=O)O)C(C)C)C(C)C. The van der Waals surface area contributed by atoms with Crippen LogP contribution in [0.3, 0.4) is 0 Å². The fraction of sp³-hybridized carbons (Fsp3) is 0.792. The first-order valence-electron chi connectivity index (χ1n) is 11.4. The van der Waals surface area contributed by atoms with Crippen LogP contribution in [0.5, 0.6) is 0 Å². The van der Waals surface area contributed by atoms with Crippen molar-refractivity contribution in [2.24, 2.45) is 17.3 Å². The second kappa shape index (κ2) is 12.8. The molecule has 0 aromatic heterocycles. The molecule has 2 amide bonds. The smallest absolute Gasteiger partial charge is 0.331 e.